The summed E-state index contributed by atoms with van der Waals surface area (Å²) in [5, 5.41) is 0. The number of rotatable bonds is 5. The van der Waals surface area contributed by atoms with Crippen molar-refractivity contribution in [3.8, 4) is 5.75 Å². The molecule has 0 amide bonds. The van der Waals surface area contributed by atoms with Gasteiger partial charge in [0.15, 0.2) is 0 Å². The second-order valence-electron chi connectivity index (χ2n) is 6.65. The molecule has 2 aliphatic heterocycles. The monoisotopic (exact) mass is 353 g/mol. The third kappa shape index (κ3) is 4.87. The predicted molar refractivity (Wildman–Crippen MR) is 96.8 cm³/mol. The molecule has 5 heteroatoms. The Kier molecular flexibility index (Phi) is 7.38. The summed E-state index contributed by atoms with van der Waals surface area (Å²) < 4.78 is 11.0. The highest BCUT2D eigenvalue weighted by atomic mass is 35.5. The van der Waals surface area contributed by atoms with Gasteiger partial charge in [0.25, 0.3) is 0 Å². The van der Waals surface area contributed by atoms with E-state index in [0.29, 0.717) is 12.5 Å². The minimum atomic E-state index is -0.00978. The third-order valence-electron chi connectivity index (χ3n) is 5.02. The number of hydrogen-bond acceptors (Lipinski definition) is 4. The fourth-order valence-electron chi connectivity index (χ4n) is 3.59. The average Bonchev–Trinajstić information content (AvgIpc) is 2.60. The van der Waals surface area contributed by atoms with Gasteiger partial charge in [-0.05, 0) is 69.8 Å². The molecule has 0 aliphatic carbocycles. The predicted octanol–water partition coefficient (Wildman–Crippen LogP) is 3.32. The van der Waals surface area contributed by atoms with E-state index in [9.17, 15) is 4.79 Å². The summed E-state index contributed by atoms with van der Waals surface area (Å²) in [5.41, 5.74) is 1.34. The van der Waals surface area contributed by atoms with Crippen LogP contribution in [0.15, 0.2) is 24.3 Å². The van der Waals surface area contributed by atoms with Gasteiger partial charge >= 0.3 is 5.97 Å². The third-order valence-corrected chi connectivity index (χ3v) is 5.02. The lowest BCUT2D eigenvalue weighted by Crippen LogP contribution is -2.38. The number of carbonyl (C=O) groups excluding carboxylic acids is 1. The number of fused-ring (bicyclic) bond motifs is 1. The molecular formula is C19H28ClNO3. The van der Waals surface area contributed by atoms with Gasteiger partial charge in [0.1, 0.15) is 5.75 Å². The van der Waals surface area contributed by atoms with Gasteiger partial charge in [-0.25, -0.2) is 0 Å². The maximum absolute atomic E-state index is 11.8. The molecule has 1 saturated heterocycles. The van der Waals surface area contributed by atoms with Crippen molar-refractivity contribution >= 4 is 18.4 Å². The molecule has 134 valence electrons. The smallest absolute Gasteiger partial charge is 0.309 e. The molecule has 1 aromatic carbocycles. The molecule has 0 radical (unpaired) electrons. The van der Waals surface area contributed by atoms with Crippen molar-refractivity contribution in [3.63, 3.8) is 0 Å². The summed E-state index contributed by atoms with van der Waals surface area (Å²) in [7, 11) is 0. The van der Waals surface area contributed by atoms with E-state index in [1.807, 2.05) is 13.0 Å². The summed E-state index contributed by atoms with van der Waals surface area (Å²) in [6.07, 6.45) is 4.15. The van der Waals surface area contributed by atoms with Crippen molar-refractivity contribution in [2.24, 2.45) is 11.8 Å². The van der Waals surface area contributed by atoms with Crippen LogP contribution in [-0.2, 0) is 16.0 Å². The van der Waals surface area contributed by atoms with Crippen LogP contribution in [-0.4, -0.2) is 43.7 Å². The van der Waals surface area contributed by atoms with Gasteiger partial charge in [-0.1, -0.05) is 18.2 Å². The number of carbonyl (C=O) groups is 1. The molecule has 24 heavy (non-hydrogen) atoms. The number of ether oxygens (including phenoxy) is 2. The maximum Gasteiger partial charge on any atom is 0.309 e. The van der Waals surface area contributed by atoms with Gasteiger partial charge in [-0.2, -0.15) is 0 Å². The minimum absolute atomic E-state index is 0. The van der Waals surface area contributed by atoms with Crippen LogP contribution in [0.4, 0.5) is 0 Å². The Balaban J connectivity index is 0.00000208. The van der Waals surface area contributed by atoms with Crippen LogP contribution in [0.25, 0.3) is 0 Å². The van der Waals surface area contributed by atoms with Gasteiger partial charge in [0.2, 0.25) is 0 Å². The summed E-state index contributed by atoms with van der Waals surface area (Å²) in [6.45, 7) is 6.31. The number of benzene rings is 1. The Morgan fingerprint density at radius 3 is 2.79 bits per heavy atom. The highest BCUT2D eigenvalue weighted by Crippen LogP contribution is 2.28. The lowest BCUT2D eigenvalue weighted by Gasteiger charge is -2.32. The van der Waals surface area contributed by atoms with Gasteiger partial charge < -0.3 is 14.4 Å². The normalized spacial score (nSPS) is 21.3. The molecule has 0 N–H and O–H groups in total. The Labute approximate surface area is 150 Å². The molecule has 0 aromatic heterocycles. The van der Waals surface area contributed by atoms with E-state index in [4.69, 9.17) is 9.47 Å². The fraction of sp³-hybridized carbons (Fsp3) is 0.632. The summed E-state index contributed by atoms with van der Waals surface area (Å²) >= 11 is 0. The zero-order valence-corrected chi connectivity index (χ0v) is 15.2. The van der Waals surface area contributed by atoms with Crippen LogP contribution in [0.2, 0.25) is 0 Å². The van der Waals surface area contributed by atoms with Crippen molar-refractivity contribution in [2.75, 3.05) is 32.8 Å². The molecule has 0 saturated carbocycles. The molecule has 1 aromatic rings. The summed E-state index contributed by atoms with van der Waals surface area (Å²) in [4.78, 5) is 14.3. The van der Waals surface area contributed by atoms with Crippen LogP contribution in [0, 0.1) is 11.8 Å². The van der Waals surface area contributed by atoms with Gasteiger partial charge in [-0.3, -0.25) is 4.79 Å². The number of esters is 1. The Hall–Kier alpha value is -1.26. The fourth-order valence-corrected chi connectivity index (χ4v) is 3.59. The number of halogens is 1. The largest absolute Gasteiger partial charge is 0.493 e. The Morgan fingerprint density at radius 1 is 1.29 bits per heavy atom. The lowest BCUT2D eigenvalue weighted by atomic mass is 9.92. The highest BCUT2D eigenvalue weighted by Gasteiger charge is 2.27. The number of hydrogen-bond donors (Lipinski definition) is 0. The first-order valence-corrected chi connectivity index (χ1v) is 8.86. The second kappa shape index (κ2) is 9.28. The lowest BCUT2D eigenvalue weighted by molar-refractivity contribution is -0.149. The molecule has 2 heterocycles. The van der Waals surface area contributed by atoms with Crippen molar-refractivity contribution in [2.45, 2.75) is 32.6 Å². The Bertz CT molecular complexity index is 529. The first-order chi connectivity index (χ1) is 11.3. The van der Waals surface area contributed by atoms with E-state index in [2.05, 4.69) is 23.1 Å². The quantitative estimate of drug-likeness (QED) is 0.761. The van der Waals surface area contributed by atoms with Crippen LogP contribution in [0.3, 0.4) is 0 Å². The zero-order valence-electron chi connectivity index (χ0n) is 14.4. The maximum atomic E-state index is 11.8. The number of likely N-dealkylation sites (tertiary alicyclic amines) is 1. The van der Waals surface area contributed by atoms with Crippen LogP contribution in [0.1, 0.15) is 31.7 Å². The van der Waals surface area contributed by atoms with Gasteiger partial charge in [-0.15, -0.1) is 12.4 Å². The van der Waals surface area contributed by atoms with E-state index >= 15 is 0 Å². The van der Waals surface area contributed by atoms with E-state index in [0.717, 1.165) is 51.3 Å². The van der Waals surface area contributed by atoms with E-state index < -0.39 is 0 Å². The van der Waals surface area contributed by atoms with Gasteiger partial charge in [0.05, 0.1) is 19.1 Å². The molecule has 1 unspecified atom stereocenters. The number of piperidine rings is 1. The zero-order chi connectivity index (χ0) is 16.1. The van der Waals surface area contributed by atoms with Crippen molar-refractivity contribution in [1.82, 2.24) is 4.90 Å². The van der Waals surface area contributed by atoms with Gasteiger partial charge in [0, 0.05) is 0 Å². The second-order valence-corrected chi connectivity index (χ2v) is 6.65. The SMILES string of the molecule is CCOC(=O)C1CCN(CCC2COc3ccccc3C2)CC1.Cl. The minimum Gasteiger partial charge on any atom is -0.493 e. The molecule has 0 spiro atoms. The average molecular weight is 354 g/mol. The first kappa shape index (κ1) is 19.1. The van der Waals surface area contributed by atoms with Crippen molar-refractivity contribution in [3.05, 3.63) is 29.8 Å². The molecule has 4 nitrogen and oxygen atoms in total. The topological polar surface area (TPSA) is 38.8 Å². The number of nitrogens with zero attached hydrogens (tertiary/aromatic N) is 1. The standard InChI is InChI=1S/C19H27NO3.ClH/c1-2-22-19(21)16-8-11-20(12-9-16)10-7-15-13-17-5-3-4-6-18(17)23-14-15;/h3-6,15-16H,2,7-14H2,1H3;1H. The van der Waals surface area contributed by atoms with E-state index in [-0.39, 0.29) is 24.3 Å². The van der Waals surface area contributed by atoms with E-state index in [1.165, 1.54) is 12.0 Å². The van der Waals surface area contributed by atoms with Crippen molar-refractivity contribution < 1.29 is 14.3 Å². The molecule has 1 fully saturated rings. The Morgan fingerprint density at radius 2 is 2.04 bits per heavy atom. The molecular weight excluding hydrogens is 326 g/mol. The molecule has 2 aliphatic rings. The van der Waals surface area contributed by atoms with Crippen LogP contribution in [0.5, 0.6) is 5.75 Å². The first-order valence-electron chi connectivity index (χ1n) is 8.86. The highest BCUT2D eigenvalue weighted by molar-refractivity contribution is 5.85. The molecule has 3 rings (SSSR count). The van der Waals surface area contributed by atoms with Crippen LogP contribution >= 0.6 is 12.4 Å². The van der Waals surface area contributed by atoms with E-state index in [1.54, 1.807) is 0 Å². The van der Waals surface area contributed by atoms with Crippen molar-refractivity contribution in [1.29, 1.82) is 0 Å². The molecule has 1 atom stereocenters. The summed E-state index contributed by atoms with van der Waals surface area (Å²) in [6, 6.07) is 8.36. The number of para-hydroxylation sites is 1. The molecule has 0 bridgehead atoms. The summed E-state index contributed by atoms with van der Waals surface area (Å²) in [5.74, 6) is 1.76. The van der Waals surface area contributed by atoms with Crippen LogP contribution < -0.4 is 4.74 Å².